The van der Waals surface area contributed by atoms with Crippen molar-refractivity contribution in [2.45, 2.75) is 379 Å². The summed E-state index contributed by atoms with van der Waals surface area (Å²) in [5.41, 5.74) is 0. The molecule has 0 saturated carbocycles. The molecule has 0 radical (unpaired) electrons. The molecule has 3 N–H and O–H groups in total. The highest BCUT2D eigenvalue weighted by atomic mass is 16.5. The highest BCUT2D eigenvalue weighted by Crippen LogP contribution is 2.18. The fraction of sp³-hybridized carbons (Fsp3) is 0.938. The van der Waals surface area contributed by atoms with E-state index < -0.39 is 12.1 Å². The van der Waals surface area contributed by atoms with Gasteiger partial charge in [-0.05, 0) is 51.4 Å². The first-order valence-corrected chi connectivity index (χ1v) is 32.4. The third-order valence-corrected chi connectivity index (χ3v) is 15.3. The van der Waals surface area contributed by atoms with E-state index in [1.807, 2.05) is 0 Å². The molecule has 0 spiro atoms. The molecule has 6 nitrogen and oxygen atoms in total. The number of ether oxygens (including phenoxy) is 1. The van der Waals surface area contributed by atoms with E-state index in [9.17, 15) is 19.8 Å². The van der Waals surface area contributed by atoms with Crippen LogP contribution in [0.15, 0.2) is 12.2 Å². The van der Waals surface area contributed by atoms with Gasteiger partial charge in [-0.3, -0.25) is 9.59 Å². The summed E-state index contributed by atoms with van der Waals surface area (Å²) in [6.45, 7) is 4.97. The molecule has 0 fully saturated rings. The molecule has 2 unspecified atom stereocenters. The number of aliphatic hydroxyl groups is 2. The lowest BCUT2D eigenvalue weighted by Crippen LogP contribution is -2.45. The standard InChI is InChI=1S/C65H127NO5/c1-3-5-7-9-11-13-15-16-17-33-36-39-43-47-51-55-59-65(70)71-60-56-52-48-44-40-37-34-31-29-27-25-23-21-19-18-20-22-24-26-28-30-32-35-38-42-46-50-54-58-64(69)66-62(61-67)63(68)57-53-49-45-41-14-12-10-8-6-4-2/h18-19,62-63,67-68H,3-17,20-61H2,1-2H3,(H,66,69)/b19-18-. The lowest BCUT2D eigenvalue weighted by Gasteiger charge is -2.22. The summed E-state index contributed by atoms with van der Waals surface area (Å²) in [6, 6.07) is -0.539. The second-order valence-electron chi connectivity index (χ2n) is 22.5. The predicted octanol–water partition coefficient (Wildman–Crippen LogP) is 20.4. The van der Waals surface area contributed by atoms with Crippen LogP contribution in [0.3, 0.4) is 0 Å². The zero-order chi connectivity index (χ0) is 51.4. The molecule has 0 aliphatic carbocycles. The van der Waals surface area contributed by atoms with Gasteiger partial charge < -0.3 is 20.3 Å². The number of amides is 1. The van der Waals surface area contributed by atoms with E-state index in [4.69, 9.17) is 4.74 Å². The molecule has 71 heavy (non-hydrogen) atoms. The van der Waals surface area contributed by atoms with Crippen molar-refractivity contribution in [3.05, 3.63) is 12.2 Å². The van der Waals surface area contributed by atoms with Gasteiger partial charge in [0.25, 0.3) is 0 Å². The number of allylic oxidation sites excluding steroid dienone is 2. The maximum Gasteiger partial charge on any atom is 0.305 e. The van der Waals surface area contributed by atoms with E-state index in [1.54, 1.807) is 0 Å². The van der Waals surface area contributed by atoms with Crippen molar-refractivity contribution in [2.75, 3.05) is 13.2 Å². The fourth-order valence-corrected chi connectivity index (χ4v) is 10.3. The number of aliphatic hydroxyl groups excluding tert-OH is 2. The van der Waals surface area contributed by atoms with Crippen LogP contribution in [-0.4, -0.2) is 47.4 Å². The molecule has 0 aromatic heterocycles. The molecule has 1 amide bonds. The van der Waals surface area contributed by atoms with Gasteiger partial charge >= 0.3 is 5.97 Å². The predicted molar refractivity (Wildman–Crippen MR) is 310 cm³/mol. The Morgan fingerprint density at radius 1 is 0.380 bits per heavy atom. The monoisotopic (exact) mass is 1000 g/mol. The van der Waals surface area contributed by atoms with E-state index in [1.165, 1.54) is 295 Å². The molecule has 2 atom stereocenters. The summed E-state index contributed by atoms with van der Waals surface area (Å²) in [4.78, 5) is 24.5. The van der Waals surface area contributed by atoms with Gasteiger partial charge in [0, 0.05) is 12.8 Å². The number of esters is 1. The third-order valence-electron chi connectivity index (χ3n) is 15.3. The fourth-order valence-electron chi connectivity index (χ4n) is 10.3. The lowest BCUT2D eigenvalue weighted by atomic mass is 10.0. The smallest absolute Gasteiger partial charge is 0.305 e. The molecular formula is C65H127NO5. The van der Waals surface area contributed by atoms with Crippen molar-refractivity contribution >= 4 is 11.9 Å². The van der Waals surface area contributed by atoms with Crippen LogP contribution in [0.25, 0.3) is 0 Å². The number of rotatable bonds is 61. The van der Waals surface area contributed by atoms with E-state index >= 15 is 0 Å². The first kappa shape index (κ1) is 69.6. The van der Waals surface area contributed by atoms with Crippen molar-refractivity contribution in [1.29, 1.82) is 0 Å². The topological polar surface area (TPSA) is 95.9 Å². The molecule has 0 heterocycles. The van der Waals surface area contributed by atoms with Gasteiger partial charge in [0.2, 0.25) is 5.91 Å². The van der Waals surface area contributed by atoms with Crippen LogP contribution in [0.2, 0.25) is 0 Å². The van der Waals surface area contributed by atoms with Crippen molar-refractivity contribution in [1.82, 2.24) is 5.32 Å². The Labute approximate surface area is 444 Å². The summed E-state index contributed by atoms with van der Waals surface area (Å²) >= 11 is 0. The number of nitrogens with one attached hydrogen (secondary N) is 1. The Hall–Kier alpha value is -1.40. The minimum Gasteiger partial charge on any atom is -0.466 e. The zero-order valence-corrected chi connectivity index (χ0v) is 48.2. The molecule has 422 valence electrons. The Balaban J connectivity index is 3.33. The number of unbranched alkanes of at least 4 members (excludes halogenated alkanes) is 48. The summed E-state index contributed by atoms with van der Waals surface area (Å²) in [5.74, 6) is -0.0150. The third kappa shape index (κ3) is 57.7. The van der Waals surface area contributed by atoms with Crippen molar-refractivity contribution in [3.8, 4) is 0 Å². The summed E-state index contributed by atoms with van der Waals surface area (Å²) < 4.78 is 5.50. The van der Waals surface area contributed by atoms with Gasteiger partial charge in [-0.25, -0.2) is 0 Å². The van der Waals surface area contributed by atoms with Gasteiger partial charge in [-0.15, -0.1) is 0 Å². The number of hydrogen-bond acceptors (Lipinski definition) is 5. The summed E-state index contributed by atoms with van der Waals surface area (Å²) in [6.07, 6.45) is 73.9. The van der Waals surface area contributed by atoms with Crippen molar-refractivity contribution in [2.24, 2.45) is 0 Å². The SMILES string of the molecule is CCCCCCCCCCCCCCCCCCC(=O)OCCCCCCCCCCCCCC/C=C\CCCCCCCCCCCCCCC(=O)NC(CO)C(O)CCCCCCCCCCCC. The quantitative estimate of drug-likeness (QED) is 0.0320. The molecule has 0 aliphatic heterocycles. The average molecular weight is 1000 g/mol. The highest BCUT2D eigenvalue weighted by Gasteiger charge is 2.20. The van der Waals surface area contributed by atoms with Crippen LogP contribution in [-0.2, 0) is 14.3 Å². The summed E-state index contributed by atoms with van der Waals surface area (Å²) in [7, 11) is 0. The minimum absolute atomic E-state index is 0.0199. The number of hydrogen-bond donors (Lipinski definition) is 3. The molecule has 0 aromatic rings. The van der Waals surface area contributed by atoms with Gasteiger partial charge in [-0.1, -0.05) is 315 Å². The minimum atomic E-state index is -0.661. The van der Waals surface area contributed by atoms with Crippen molar-refractivity contribution in [3.63, 3.8) is 0 Å². The largest absolute Gasteiger partial charge is 0.466 e. The Bertz CT molecular complexity index is 1060. The van der Waals surface area contributed by atoms with Gasteiger partial charge in [0.1, 0.15) is 0 Å². The maximum absolute atomic E-state index is 12.4. The van der Waals surface area contributed by atoms with E-state index in [-0.39, 0.29) is 18.5 Å². The van der Waals surface area contributed by atoms with Crippen molar-refractivity contribution < 1.29 is 24.5 Å². The number of carbonyl (C=O) groups excluding carboxylic acids is 2. The van der Waals surface area contributed by atoms with Crippen LogP contribution in [0.4, 0.5) is 0 Å². The van der Waals surface area contributed by atoms with Crippen LogP contribution in [0.5, 0.6) is 0 Å². The highest BCUT2D eigenvalue weighted by molar-refractivity contribution is 5.76. The maximum atomic E-state index is 12.4. The molecule has 0 aromatic carbocycles. The number of carbonyl (C=O) groups is 2. The molecule has 6 heteroatoms. The van der Waals surface area contributed by atoms with Crippen LogP contribution in [0, 0.1) is 0 Å². The molecular weight excluding hydrogens is 875 g/mol. The van der Waals surface area contributed by atoms with E-state index in [2.05, 4.69) is 31.3 Å². The first-order valence-electron chi connectivity index (χ1n) is 32.4. The Morgan fingerprint density at radius 3 is 1.00 bits per heavy atom. The second kappa shape index (κ2) is 61.1. The van der Waals surface area contributed by atoms with E-state index in [0.29, 0.717) is 25.9 Å². The normalized spacial score (nSPS) is 12.6. The Kier molecular flexibility index (Phi) is 59.9. The van der Waals surface area contributed by atoms with E-state index in [0.717, 1.165) is 38.5 Å². The molecule has 0 saturated heterocycles. The zero-order valence-electron chi connectivity index (χ0n) is 48.2. The average Bonchev–Trinajstić information content (AvgIpc) is 3.37. The van der Waals surface area contributed by atoms with Gasteiger partial charge in [0.15, 0.2) is 0 Å². The molecule has 0 rings (SSSR count). The molecule has 0 bridgehead atoms. The lowest BCUT2D eigenvalue weighted by molar-refractivity contribution is -0.143. The summed E-state index contributed by atoms with van der Waals surface area (Å²) in [5, 5.41) is 23.2. The van der Waals surface area contributed by atoms with Crippen LogP contribution < -0.4 is 5.32 Å². The van der Waals surface area contributed by atoms with Gasteiger partial charge in [0.05, 0.1) is 25.4 Å². The Morgan fingerprint density at radius 2 is 0.662 bits per heavy atom. The second-order valence-corrected chi connectivity index (χ2v) is 22.5. The molecule has 0 aliphatic rings. The van der Waals surface area contributed by atoms with Crippen LogP contribution >= 0.6 is 0 Å². The van der Waals surface area contributed by atoms with Gasteiger partial charge in [-0.2, -0.15) is 0 Å². The van der Waals surface area contributed by atoms with Crippen LogP contribution in [0.1, 0.15) is 367 Å². The first-order chi connectivity index (χ1) is 35.0.